The summed E-state index contributed by atoms with van der Waals surface area (Å²) in [6.45, 7) is 2.35. The van der Waals surface area contributed by atoms with Gasteiger partial charge in [0.25, 0.3) is 11.8 Å². The van der Waals surface area contributed by atoms with Gasteiger partial charge in [-0.15, -0.1) is 0 Å². The van der Waals surface area contributed by atoms with Crippen LogP contribution in [0.1, 0.15) is 32.1 Å². The molecule has 0 radical (unpaired) electrons. The van der Waals surface area contributed by atoms with Gasteiger partial charge in [0.15, 0.2) is 0 Å². The van der Waals surface area contributed by atoms with E-state index in [1.165, 1.54) is 0 Å². The number of pyridine rings is 1. The Labute approximate surface area is 152 Å². The van der Waals surface area contributed by atoms with Gasteiger partial charge < -0.3 is 10.6 Å². The SMILES string of the molecule is Cc1cccc(NC(=O)c2cccc(C(=O)NCc3ccccc3)n2)c1. The average Bonchev–Trinajstić information content (AvgIpc) is 2.67. The first-order chi connectivity index (χ1) is 12.6. The van der Waals surface area contributed by atoms with E-state index in [1.807, 2.05) is 55.5 Å². The maximum atomic E-state index is 12.4. The minimum Gasteiger partial charge on any atom is -0.347 e. The molecule has 26 heavy (non-hydrogen) atoms. The number of hydrogen-bond acceptors (Lipinski definition) is 3. The highest BCUT2D eigenvalue weighted by molar-refractivity contribution is 6.03. The maximum Gasteiger partial charge on any atom is 0.274 e. The molecule has 5 nitrogen and oxygen atoms in total. The number of benzene rings is 2. The summed E-state index contributed by atoms with van der Waals surface area (Å²) in [7, 11) is 0. The molecule has 2 aromatic carbocycles. The average molecular weight is 345 g/mol. The summed E-state index contributed by atoms with van der Waals surface area (Å²) in [6.07, 6.45) is 0. The smallest absolute Gasteiger partial charge is 0.274 e. The Morgan fingerprint density at radius 3 is 2.27 bits per heavy atom. The van der Waals surface area contributed by atoms with Crippen molar-refractivity contribution in [1.29, 1.82) is 0 Å². The monoisotopic (exact) mass is 345 g/mol. The summed E-state index contributed by atoms with van der Waals surface area (Å²) >= 11 is 0. The van der Waals surface area contributed by atoms with Gasteiger partial charge in [-0.3, -0.25) is 9.59 Å². The van der Waals surface area contributed by atoms with Crippen molar-refractivity contribution >= 4 is 17.5 Å². The van der Waals surface area contributed by atoms with E-state index in [1.54, 1.807) is 24.3 Å². The summed E-state index contributed by atoms with van der Waals surface area (Å²) < 4.78 is 0. The van der Waals surface area contributed by atoms with Gasteiger partial charge in [-0.2, -0.15) is 0 Å². The van der Waals surface area contributed by atoms with Crippen molar-refractivity contribution in [3.8, 4) is 0 Å². The fraction of sp³-hybridized carbons (Fsp3) is 0.0952. The Balaban J connectivity index is 1.67. The fourth-order valence-electron chi connectivity index (χ4n) is 2.47. The van der Waals surface area contributed by atoms with Crippen molar-refractivity contribution in [2.75, 3.05) is 5.32 Å². The number of amides is 2. The number of carbonyl (C=O) groups excluding carboxylic acids is 2. The lowest BCUT2D eigenvalue weighted by atomic mass is 10.2. The van der Waals surface area contributed by atoms with E-state index >= 15 is 0 Å². The molecule has 3 aromatic rings. The van der Waals surface area contributed by atoms with Gasteiger partial charge in [0.2, 0.25) is 0 Å². The van der Waals surface area contributed by atoms with Crippen LogP contribution < -0.4 is 10.6 Å². The van der Waals surface area contributed by atoms with Gasteiger partial charge in [-0.1, -0.05) is 48.5 Å². The van der Waals surface area contributed by atoms with Crippen molar-refractivity contribution < 1.29 is 9.59 Å². The van der Waals surface area contributed by atoms with Gasteiger partial charge in [0.05, 0.1) is 0 Å². The molecule has 0 fully saturated rings. The van der Waals surface area contributed by atoms with E-state index in [0.29, 0.717) is 12.2 Å². The maximum absolute atomic E-state index is 12.4. The third kappa shape index (κ3) is 4.54. The quantitative estimate of drug-likeness (QED) is 0.742. The third-order valence-corrected chi connectivity index (χ3v) is 3.79. The number of hydrogen-bond donors (Lipinski definition) is 2. The van der Waals surface area contributed by atoms with Crippen molar-refractivity contribution in [3.63, 3.8) is 0 Å². The lowest BCUT2D eigenvalue weighted by molar-refractivity contribution is 0.0945. The first-order valence-corrected chi connectivity index (χ1v) is 8.29. The largest absolute Gasteiger partial charge is 0.347 e. The van der Waals surface area contributed by atoms with Crippen LogP contribution in [0, 0.1) is 6.92 Å². The molecule has 2 amide bonds. The van der Waals surface area contributed by atoms with Crippen LogP contribution in [0.4, 0.5) is 5.69 Å². The summed E-state index contributed by atoms with van der Waals surface area (Å²) in [6, 6.07) is 21.9. The molecule has 0 saturated carbocycles. The van der Waals surface area contributed by atoms with E-state index < -0.39 is 0 Å². The Hall–Kier alpha value is -3.47. The predicted molar refractivity (Wildman–Crippen MR) is 101 cm³/mol. The van der Waals surface area contributed by atoms with Gasteiger partial charge in [0, 0.05) is 12.2 Å². The van der Waals surface area contributed by atoms with E-state index in [0.717, 1.165) is 11.1 Å². The summed E-state index contributed by atoms with van der Waals surface area (Å²) in [5.74, 6) is -0.674. The zero-order chi connectivity index (χ0) is 18.4. The minimum atomic E-state index is -0.353. The van der Waals surface area contributed by atoms with Crippen LogP contribution in [0.15, 0.2) is 72.8 Å². The lowest BCUT2D eigenvalue weighted by Crippen LogP contribution is -2.25. The number of anilines is 1. The van der Waals surface area contributed by atoms with Crippen LogP contribution in [0.2, 0.25) is 0 Å². The topological polar surface area (TPSA) is 71.1 Å². The highest BCUT2D eigenvalue weighted by Crippen LogP contribution is 2.11. The number of nitrogens with one attached hydrogen (secondary N) is 2. The molecular formula is C21H19N3O2. The number of aryl methyl sites for hydroxylation is 1. The van der Waals surface area contributed by atoms with Gasteiger partial charge in [-0.05, 0) is 42.3 Å². The molecule has 130 valence electrons. The van der Waals surface area contributed by atoms with Crippen molar-refractivity contribution in [2.24, 2.45) is 0 Å². The van der Waals surface area contributed by atoms with Crippen molar-refractivity contribution in [2.45, 2.75) is 13.5 Å². The molecule has 0 aliphatic rings. The molecule has 0 aliphatic heterocycles. The number of carbonyl (C=O) groups is 2. The summed E-state index contributed by atoms with van der Waals surface area (Å²) in [5.41, 5.74) is 3.13. The molecular weight excluding hydrogens is 326 g/mol. The van der Waals surface area contributed by atoms with Crippen LogP contribution in [0.5, 0.6) is 0 Å². The molecule has 0 unspecified atom stereocenters. The second kappa shape index (κ2) is 8.07. The lowest BCUT2D eigenvalue weighted by Gasteiger charge is -2.08. The Bertz CT molecular complexity index is 923. The summed E-state index contributed by atoms with van der Waals surface area (Å²) in [5, 5.41) is 5.60. The van der Waals surface area contributed by atoms with Gasteiger partial charge in [0.1, 0.15) is 11.4 Å². The van der Waals surface area contributed by atoms with Crippen molar-refractivity contribution in [1.82, 2.24) is 10.3 Å². The molecule has 0 bridgehead atoms. The summed E-state index contributed by atoms with van der Waals surface area (Å²) in [4.78, 5) is 28.8. The Morgan fingerprint density at radius 1 is 0.846 bits per heavy atom. The highest BCUT2D eigenvalue weighted by atomic mass is 16.2. The highest BCUT2D eigenvalue weighted by Gasteiger charge is 2.12. The van der Waals surface area contributed by atoms with Crippen LogP contribution in [0.25, 0.3) is 0 Å². The number of aromatic nitrogens is 1. The molecule has 0 spiro atoms. The molecule has 2 N–H and O–H groups in total. The Kier molecular flexibility index (Phi) is 5.39. The number of rotatable bonds is 5. The van der Waals surface area contributed by atoms with E-state index in [4.69, 9.17) is 0 Å². The molecule has 0 saturated heterocycles. The van der Waals surface area contributed by atoms with Gasteiger partial charge in [-0.25, -0.2) is 4.98 Å². The Morgan fingerprint density at radius 2 is 1.54 bits per heavy atom. The van der Waals surface area contributed by atoms with Crippen LogP contribution in [0.3, 0.4) is 0 Å². The van der Waals surface area contributed by atoms with E-state index in [2.05, 4.69) is 15.6 Å². The molecule has 0 atom stereocenters. The molecule has 5 heteroatoms. The minimum absolute atomic E-state index is 0.193. The standard InChI is InChI=1S/C21H19N3O2/c1-15-7-5-10-17(13-15)23-21(26)19-12-6-11-18(24-19)20(25)22-14-16-8-3-2-4-9-16/h2-13H,14H2,1H3,(H,22,25)(H,23,26). The molecule has 3 rings (SSSR count). The second-order valence-electron chi connectivity index (χ2n) is 5.90. The molecule has 1 aromatic heterocycles. The zero-order valence-electron chi connectivity index (χ0n) is 14.4. The first kappa shape index (κ1) is 17.4. The fourth-order valence-corrected chi connectivity index (χ4v) is 2.47. The van der Waals surface area contributed by atoms with Crippen LogP contribution >= 0.6 is 0 Å². The van der Waals surface area contributed by atoms with Crippen LogP contribution in [-0.2, 0) is 6.54 Å². The number of nitrogens with zero attached hydrogens (tertiary/aromatic N) is 1. The van der Waals surface area contributed by atoms with E-state index in [9.17, 15) is 9.59 Å². The second-order valence-corrected chi connectivity index (χ2v) is 5.90. The normalized spacial score (nSPS) is 10.2. The third-order valence-electron chi connectivity index (χ3n) is 3.79. The molecule has 0 aliphatic carbocycles. The van der Waals surface area contributed by atoms with Crippen LogP contribution in [-0.4, -0.2) is 16.8 Å². The molecule has 1 heterocycles. The zero-order valence-corrected chi connectivity index (χ0v) is 14.4. The van der Waals surface area contributed by atoms with Crippen molar-refractivity contribution in [3.05, 3.63) is 95.3 Å². The van der Waals surface area contributed by atoms with E-state index in [-0.39, 0.29) is 23.2 Å². The first-order valence-electron chi connectivity index (χ1n) is 8.29. The predicted octanol–water partition coefficient (Wildman–Crippen LogP) is 3.57. The van der Waals surface area contributed by atoms with Gasteiger partial charge >= 0.3 is 0 Å².